The van der Waals surface area contributed by atoms with Crippen LogP contribution in [0.3, 0.4) is 0 Å². The summed E-state index contributed by atoms with van der Waals surface area (Å²) in [5.41, 5.74) is 0.853. The highest BCUT2D eigenvalue weighted by Crippen LogP contribution is 2.34. The van der Waals surface area contributed by atoms with Gasteiger partial charge < -0.3 is 14.6 Å². The van der Waals surface area contributed by atoms with Crippen molar-refractivity contribution in [3.8, 4) is 5.75 Å². The van der Waals surface area contributed by atoms with E-state index in [1.54, 1.807) is 32.9 Å². The molecule has 0 aliphatic heterocycles. The molecule has 0 aromatic heterocycles. The van der Waals surface area contributed by atoms with E-state index in [9.17, 15) is 5.11 Å². The van der Waals surface area contributed by atoms with E-state index >= 15 is 0 Å². The number of benzene rings is 1. The number of hydrogen-bond acceptors (Lipinski definition) is 4. The minimum atomic E-state index is -0.527. The molecule has 0 bridgehead atoms. The molecule has 3 nitrogen and oxygen atoms in total. The van der Waals surface area contributed by atoms with Crippen LogP contribution in [0.5, 0.6) is 5.75 Å². The Balaban J connectivity index is 2.89. The van der Waals surface area contributed by atoms with Crippen molar-refractivity contribution in [2.75, 3.05) is 26.6 Å². The normalized spacial score (nSPS) is 12.5. The molecule has 0 saturated carbocycles. The quantitative estimate of drug-likeness (QED) is 0.614. The lowest BCUT2D eigenvalue weighted by molar-refractivity contribution is 0.191. The van der Waals surface area contributed by atoms with E-state index in [1.165, 1.54) is 0 Å². The summed E-state index contributed by atoms with van der Waals surface area (Å²) in [6.07, 6.45) is -0.527. The fourth-order valence-electron chi connectivity index (χ4n) is 1.47. The average Bonchev–Trinajstić information content (AvgIpc) is 2.28. The lowest BCUT2D eigenvalue weighted by Crippen LogP contribution is -2.00. The Bertz CT molecular complexity index is 326. The van der Waals surface area contributed by atoms with E-state index in [-0.39, 0.29) is 0 Å². The molecule has 1 aromatic rings. The largest absolute Gasteiger partial charge is 0.496 e. The molecule has 1 N–H and O–H groups in total. The van der Waals surface area contributed by atoms with Gasteiger partial charge in [0.25, 0.3) is 0 Å². The molecular formula is C12H18O3S. The van der Waals surface area contributed by atoms with E-state index in [1.807, 2.05) is 18.2 Å². The summed E-state index contributed by atoms with van der Waals surface area (Å²) in [4.78, 5) is 1.05. The Morgan fingerprint density at radius 3 is 2.69 bits per heavy atom. The molecule has 0 unspecified atom stereocenters. The number of methoxy groups -OCH3 is 2. The van der Waals surface area contributed by atoms with Crippen LogP contribution in [0.4, 0.5) is 0 Å². The van der Waals surface area contributed by atoms with Crippen LogP contribution in [0.1, 0.15) is 18.6 Å². The van der Waals surface area contributed by atoms with Crippen molar-refractivity contribution < 1.29 is 14.6 Å². The zero-order valence-corrected chi connectivity index (χ0v) is 10.7. The van der Waals surface area contributed by atoms with Gasteiger partial charge in [-0.2, -0.15) is 0 Å². The minimum absolute atomic E-state index is 0.527. The average molecular weight is 242 g/mol. The summed E-state index contributed by atoms with van der Waals surface area (Å²) in [7, 11) is 3.30. The summed E-state index contributed by atoms with van der Waals surface area (Å²) >= 11 is 1.66. The van der Waals surface area contributed by atoms with Gasteiger partial charge >= 0.3 is 0 Å². The lowest BCUT2D eigenvalue weighted by atomic mass is 10.1. The SMILES string of the molecule is COCCSc1cccc(OC)c1[C@@H](C)O. The Labute approximate surface area is 101 Å². The second-order valence-corrected chi connectivity index (χ2v) is 4.53. The second-order valence-electron chi connectivity index (χ2n) is 3.39. The van der Waals surface area contributed by atoms with Crippen LogP contribution in [0.25, 0.3) is 0 Å². The number of aliphatic hydroxyl groups excluding tert-OH is 1. The second kappa shape index (κ2) is 6.78. The van der Waals surface area contributed by atoms with Crippen LogP contribution in [0.2, 0.25) is 0 Å². The molecule has 1 aromatic carbocycles. The lowest BCUT2D eigenvalue weighted by Gasteiger charge is -2.15. The van der Waals surface area contributed by atoms with Crippen molar-refractivity contribution >= 4 is 11.8 Å². The Kier molecular flexibility index (Phi) is 5.66. The summed E-state index contributed by atoms with van der Waals surface area (Å²) in [6.45, 7) is 2.44. The van der Waals surface area contributed by atoms with Gasteiger partial charge in [-0.15, -0.1) is 11.8 Å². The summed E-state index contributed by atoms with van der Waals surface area (Å²) < 4.78 is 10.3. The topological polar surface area (TPSA) is 38.7 Å². The molecule has 0 amide bonds. The van der Waals surface area contributed by atoms with Gasteiger partial charge in [0.2, 0.25) is 0 Å². The molecule has 0 saturated heterocycles. The fraction of sp³-hybridized carbons (Fsp3) is 0.500. The molecule has 1 atom stereocenters. The fourth-order valence-corrected chi connectivity index (χ4v) is 2.55. The predicted octanol–water partition coefficient (Wildman–Crippen LogP) is 2.49. The maximum absolute atomic E-state index is 9.75. The van der Waals surface area contributed by atoms with Gasteiger partial charge in [0, 0.05) is 23.3 Å². The van der Waals surface area contributed by atoms with E-state index in [4.69, 9.17) is 9.47 Å². The minimum Gasteiger partial charge on any atom is -0.496 e. The Morgan fingerprint density at radius 2 is 2.12 bits per heavy atom. The first-order chi connectivity index (χ1) is 7.70. The monoisotopic (exact) mass is 242 g/mol. The number of ether oxygens (including phenoxy) is 2. The van der Waals surface area contributed by atoms with Crippen molar-refractivity contribution in [1.29, 1.82) is 0 Å². The highest BCUT2D eigenvalue weighted by molar-refractivity contribution is 7.99. The number of aliphatic hydroxyl groups is 1. The summed E-state index contributed by atoms with van der Waals surface area (Å²) in [5, 5.41) is 9.75. The molecule has 0 spiro atoms. The van der Waals surface area contributed by atoms with Gasteiger partial charge in [-0.3, -0.25) is 0 Å². The van der Waals surface area contributed by atoms with Crippen molar-refractivity contribution in [2.24, 2.45) is 0 Å². The molecule has 0 heterocycles. The highest BCUT2D eigenvalue weighted by Gasteiger charge is 2.13. The molecule has 0 radical (unpaired) electrons. The molecule has 0 aliphatic carbocycles. The number of rotatable bonds is 6. The van der Waals surface area contributed by atoms with Gasteiger partial charge in [0.1, 0.15) is 5.75 Å². The van der Waals surface area contributed by atoms with Crippen LogP contribution in [-0.2, 0) is 4.74 Å². The highest BCUT2D eigenvalue weighted by atomic mass is 32.2. The molecule has 0 aliphatic rings. The third-order valence-electron chi connectivity index (χ3n) is 2.21. The first-order valence-electron chi connectivity index (χ1n) is 5.17. The molecule has 0 fully saturated rings. The van der Waals surface area contributed by atoms with Crippen molar-refractivity contribution in [3.63, 3.8) is 0 Å². The van der Waals surface area contributed by atoms with Gasteiger partial charge in [0.15, 0.2) is 0 Å². The first kappa shape index (κ1) is 13.4. The van der Waals surface area contributed by atoms with Crippen LogP contribution < -0.4 is 4.74 Å². The van der Waals surface area contributed by atoms with Crippen LogP contribution >= 0.6 is 11.8 Å². The number of hydrogen-bond donors (Lipinski definition) is 1. The first-order valence-corrected chi connectivity index (χ1v) is 6.16. The van der Waals surface area contributed by atoms with Crippen LogP contribution in [-0.4, -0.2) is 31.7 Å². The van der Waals surface area contributed by atoms with E-state index in [0.29, 0.717) is 6.61 Å². The van der Waals surface area contributed by atoms with Gasteiger partial charge in [-0.05, 0) is 19.1 Å². The standard InChI is InChI=1S/C12H18O3S/c1-9(13)12-10(15-3)5-4-6-11(12)16-8-7-14-2/h4-6,9,13H,7-8H2,1-3H3/t9-/m1/s1. The predicted molar refractivity (Wildman–Crippen MR) is 66.2 cm³/mol. The van der Waals surface area contributed by atoms with Gasteiger partial charge in [-0.1, -0.05) is 6.07 Å². The van der Waals surface area contributed by atoms with Crippen LogP contribution in [0, 0.1) is 0 Å². The third kappa shape index (κ3) is 3.40. The van der Waals surface area contributed by atoms with Crippen molar-refractivity contribution in [1.82, 2.24) is 0 Å². The molecule has 90 valence electrons. The smallest absolute Gasteiger partial charge is 0.125 e. The Morgan fingerprint density at radius 1 is 1.38 bits per heavy atom. The summed E-state index contributed by atoms with van der Waals surface area (Å²) in [6, 6.07) is 5.78. The van der Waals surface area contributed by atoms with E-state index in [0.717, 1.165) is 22.0 Å². The van der Waals surface area contributed by atoms with Crippen molar-refractivity contribution in [2.45, 2.75) is 17.9 Å². The maximum Gasteiger partial charge on any atom is 0.125 e. The van der Waals surface area contributed by atoms with Gasteiger partial charge in [-0.25, -0.2) is 0 Å². The van der Waals surface area contributed by atoms with E-state index < -0.39 is 6.10 Å². The summed E-state index contributed by atoms with van der Waals surface area (Å²) in [5.74, 6) is 1.60. The molecule has 16 heavy (non-hydrogen) atoms. The van der Waals surface area contributed by atoms with Crippen molar-refractivity contribution in [3.05, 3.63) is 23.8 Å². The van der Waals surface area contributed by atoms with Crippen LogP contribution in [0.15, 0.2) is 23.1 Å². The van der Waals surface area contributed by atoms with E-state index in [2.05, 4.69) is 0 Å². The molecule has 4 heteroatoms. The zero-order valence-electron chi connectivity index (χ0n) is 9.90. The molecular weight excluding hydrogens is 224 g/mol. The number of thioether (sulfide) groups is 1. The third-order valence-corrected chi connectivity index (χ3v) is 3.25. The zero-order chi connectivity index (χ0) is 12.0. The molecule has 1 rings (SSSR count). The van der Waals surface area contributed by atoms with Gasteiger partial charge in [0.05, 0.1) is 19.8 Å². The maximum atomic E-state index is 9.75. The Hall–Kier alpha value is -0.710.